The summed E-state index contributed by atoms with van der Waals surface area (Å²) in [6, 6.07) is 49.5. The molecule has 0 heterocycles. The SMILES string of the molecule is CC(=O)c1ccccc1.CC(C)=CCBr.CC(C)=CCC/C(=C/CO)c1ccccc1.CC(C)=CCCC(=O)c1ccccc1.CC(C)=CCCC1(c2ccccc2)CC1CO.COC(=O)/C=C(/CCC=C(C)C)c1ccccc1.COC(=O)CP(=O)(OC)OC.ICI.[CH2-]C.[CH2-]C.[H-].[Na+].[Zn+2]. The maximum absolute atomic E-state index is 11.6. The van der Waals surface area contributed by atoms with Crippen LogP contribution < -0.4 is 29.6 Å². The van der Waals surface area contributed by atoms with Crippen molar-refractivity contribution in [2.75, 3.05) is 55.6 Å². The summed E-state index contributed by atoms with van der Waals surface area (Å²) in [5.74, 6) is -0.0998. The van der Waals surface area contributed by atoms with E-state index in [0.717, 1.165) is 79.0 Å². The average Bonchev–Trinajstić information content (AvgIpc) is 1.59. The van der Waals surface area contributed by atoms with Gasteiger partial charge >= 0.3 is 68.6 Å². The zero-order valence-corrected chi connectivity index (χ0v) is 75.5. The van der Waals surface area contributed by atoms with Gasteiger partial charge in [-0.3, -0.25) is 18.9 Å². The molecule has 17 heteroatoms. The second-order valence-corrected chi connectivity index (χ2v) is 30.0. The first-order valence-electron chi connectivity index (χ1n) is 32.9. The number of aliphatic hydroxyl groups is 2. The number of carbonyl (C=O) groups is 4. The second-order valence-electron chi connectivity index (χ2n) is 22.7. The summed E-state index contributed by atoms with van der Waals surface area (Å²) in [6.45, 7) is 32.9. The van der Waals surface area contributed by atoms with Gasteiger partial charge in [0.1, 0.15) is 6.16 Å². The van der Waals surface area contributed by atoms with Gasteiger partial charge in [-0.05, 0) is 161 Å². The Morgan fingerprint density at radius 3 is 1.19 bits per heavy atom. The molecule has 0 bridgehead atoms. The van der Waals surface area contributed by atoms with Gasteiger partial charge in [-0.2, -0.15) is 13.8 Å². The number of rotatable bonds is 25. The summed E-state index contributed by atoms with van der Waals surface area (Å²) in [5.41, 5.74) is 14.4. The fourth-order valence-electron chi connectivity index (χ4n) is 8.64. The summed E-state index contributed by atoms with van der Waals surface area (Å²) >= 11 is 7.82. The van der Waals surface area contributed by atoms with Gasteiger partial charge in [0.25, 0.3) is 0 Å². The number of alkyl halides is 3. The van der Waals surface area contributed by atoms with Gasteiger partial charge < -0.3 is 44.0 Å². The average molecular weight is 1750 g/mol. The van der Waals surface area contributed by atoms with Crippen LogP contribution in [0.3, 0.4) is 0 Å². The Bertz CT molecular complexity index is 3120. The first-order valence-corrected chi connectivity index (χ1v) is 38.8. The van der Waals surface area contributed by atoms with Crippen LogP contribution >= 0.6 is 68.7 Å². The quantitative estimate of drug-likeness (QED) is 0.00658. The molecule has 1 fully saturated rings. The first-order chi connectivity index (χ1) is 46.8. The predicted octanol–water partition coefficient (Wildman–Crippen LogP) is 20.6. The fraction of sp³-hybridized carbons (Fsp3) is 0.398. The molecule has 2 N–H and O–H groups in total. The molecule has 100 heavy (non-hydrogen) atoms. The molecule has 1 saturated carbocycles. The van der Waals surface area contributed by atoms with E-state index in [4.69, 9.17) is 9.84 Å². The van der Waals surface area contributed by atoms with E-state index in [1.807, 2.05) is 129 Å². The van der Waals surface area contributed by atoms with Gasteiger partial charge in [0.2, 0.25) is 0 Å². The smallest absolute Gasteiger partial charge is 1.00 e. The molecule has 0 radical (unpaired) electrons. The maximum Gasteiger partial charge on any atom is 2.00 e. The topological polar surface area (TPSA) is 163 Å². The normalized spacial score (nSPS) is 12.5. The molecule has 0 saturated heterocycles. The van der Waals surface area contributed by atoms with E-state index < -0.39 is 13.6 Å². The van der Waals surface area contributed by atoms with Crippen LogP contribution in [0.5, 0.6) is 0 Å². The van der Waals surface area contributed by atoms with Crippen molar-refractivity contribution in [3.05, 3.63) is 264 Å². The Labute approximate surface area is 678 Å². The number of ketones is 2. The third kappa shape index (κ3) is 57.6. The molecule has 1 aliphatic carbocycles. The minimum absolute atomic E-state index is 0. The maximum atomic E-state index is 11.6. The van der Waals surface area contributed by atoms with Crippen molar-refractivity contribution < 1.29 is 103 Å². The van der Waals surface area contributed by atoms with Gasteiger partial charge in [0, 0.05) is 55.2 Å². The number of carbonyl (C=O) groups excluding carboxylic acids is 4. The largest absolute Gasteiger partial charge is 2.00 e. The Morgan fingerprint density at radius 2 is 0.880 bits per heavy atom. The van der Waals surface area contributed by atoms with Crippen molar-refractivity contribution in [1.29, 1.82) is 0 Å². The van der Waals surface area contributed by atoms with Crippen LogP contribution in [-0.2, 0) is 57.6 Å². The zero-order chi connectivity index (χ0) is 75.2. The second kappa shape index (κ2) is 70.8. The molecule has 11 nitrogen and oxygen atoms in total. The Morgan fingerprint density at radius 1 is 0.530 bits per heavy atom. The molecular formula is C83H119BrI2NaO11PZn. The van der Waals surface area contributed by atoms with E-state index in [1.54, 1.807) is 26.8 Å². The van der Waals surface area contributed by atoms with Gasteiger partial charge in [0.15, 0.2) is 11.6 Å². The van der Waals surface area contributed by atoms with Gasteiger partial charge in [-0.1, -0.05) is 277 Å². The third-order valence-electron chi connectivity index (χ3n) is 13.8. The van der Waals surface area contributed by atoms with Crippen LogP contribution in [0, 0.1) is 19.8 Å². The van der Waals surface area contributed by atoms with Gasteiger partial charge in [-0.25, -0.2) is 4.79 Å². The van der Waals surface area contributed by atoms with Crippen LogP contribution in [-0.4, -0.2) is 89.3 Å². The number of methoxy groups -OCH3 is 2. The summed E-state index contributed by atoms with van der Waals surface area (Å²) in [6.07, 6.45) is 22.7. The van der Waals surface area contributed by atoms with Crippen molar-refractivity contribution in [2.45, 2.75) is 153 Å². The van der Waals surface area contributed by atoms with Gasteiger partial charge in [0.05, 0.1) is 23.3 Å². The molecular weight excluding hydrogens is 1630 g/mol. The molecule has 1 aliphatic rings. The molecule has 2 atom stereocenters. The molecule has 0 aromatic heterocycles. The summed E-state index contributed by atoms with van der Waals surface area (Å²) in [5, 5.41) is 19.4. The molecule has 0 aliphatic heterocycles. The Balaban J connectivity index is -0.000000204. The number of ether oxygens (including phenoxy) is 2. The summed E-state index contributed by atoms with van der Waals surface area (Å²) < 4.78 is 30.3. The van der Waals surface area contributed by atoms with Crippen LogP contribution in [0.1, 0.15) is 187 Å². The molecule has 5 aromatic rings. The number of halogens is 3. The Kier molecular flexibility index (Phi) is 75.9. The van der Waals surface area contributed by atoms with Crippen molar-refractivity contribution in [3.8, 4) is 0 Å². The number of Topliss-reactive ketones (excluding diaryl/α,β-unsaturated/α-hetero) is 2. The van der Waals surface area contributed by atoms with Crippen molar-refractivity contribution in [2.24, 2.45) is 5.92 Å². The molecule has 0 amide bonds. The van der Waals surface area contributed by atoms with Crippen LogP contribution in [0.15, 0.2) is 222 Å². The van der Waals surface area contributed by atoms with E-state index >= 15 is 0 Å². The molecule has 6 rings (SSSR count). The van der Waals surface area contributed by atoms with E-state index in [1.165, 1.54) is 75.4 Å². The third-order valence-corrected chi connectivity index (χ3v) is 15.9. The fourth-order valence-corrected chi connectivity index (χ4v) is 10.1. The van der Waals surface area contributed by atoms with E-state index in [9.17, 15) is 28.8 Å². The van der Waals surface area contributed by atoms with Crippen molar-refractivity contribution in [1.82, 2.24) is 0 Å². The van der Waals surface area contributed by atoms with Crippen LogP contribution in [0.2, 0.25) is 0 Å². The number of hydrogen-bond acceptors (Lipinski definition) is 11. The molecule has 546 valence electrons. The molecule has 5 aromatic carbocycles. The first kappa shape index (κ1) is 107. The van der Waals surface area contributed by atoms with E-state index in [0.29, 0.717) is 18.9 Å². The number of allylic oxidation sites excluding steroid dienone is 12. The standard InChI is InChI=1S/C16H20O2.C16H22O.C15H20O.C13H16O.C8H8O.C5H9Br.C5H11O5P.2C2H5.CH2I2.Na.Zn.H/c1-13(2)8-7-11-15(12-16(17)18-3)14-9-5-4-6-10-14;1-13(2)7-6-10-16(11-15(16)12-17)14-8-4-3-5-9-14;1-13(2)7-6-10-15(11-12-16)14-8-4-3-5-9-14;1-11(2)7-6-10-13(14)12-8-4-3-5-9-12;1-7(9)8-5-3-2-4-6-8;1-5(2)3-4-6;1-8-5(6)4-11(7,9-2)10-3;2*1-2;2-1-3;;;/h4-6,8-10,12H,7,11H2,1-3H3;3-5,7-9,15,17H,6,10-12H2,1-2H3;3-5,7-9,11,16H,6,10,12H2,1-2H3;3-5,7-9H,6,10H2,1-2H3;2-6H,1H3;3H,4H2,1-2H3;4H2,1-3H3;2*1H2,2H3;1H2;;;/q;;;;;;;2*-1;;+1;+2;-1/b15-12-;;15-11-;;;;;;;;;;. The molecule has 2 unspecified atom stereocenters. The summed E-state index contributed by atoms with van der Waals surface area (Å²) in [4.78, 5) is 44.2. The summed E-state index contributed by atoms with van der Waals surface area (Å²) in [7, 11) is 1.81. The van der Waals surface area contributed by atoms with E-state index in [-0.39, 0.29) is 86.2 Å². The Hall–Kier alpha value is -3.81. The van der Waals surface area contributed by atoms with Crippen LogP contribution in [0.4, 0.5) is 0 Å². The van der Waals surface area contributed by atoms with Crippen LogP contribution in [0.25, 0.3) is 11.1 Å². The number of aliphatic hydroxyl groups excluding tert-OH is 2. The number of benzene rings is 5. The minimum Gasteiger partial charge on any atom is -1.00 e. The number of esters is 2. The molecule has 0 spiro atoms. The predicted molar refractivity (Wildman–Crippen MR) is 441 cm³/mol. The monoisotopic (exact) mass is 1740 g/mol. The van der Waals surface area contributed by atoms with Crippen molar-refractivity contribution >= 4 is 103 Å². The van der Waals surface area contributed by atoms with Crippen molar-refractivity contribution in [3.63, 3.8) is 0 Å². The zero-order valence-electron chi connectivity index (χ0n) is 64.7. The minimum atomic E-state index is -3.23. The van der Waals surface area contributed by atoms with Gasteiger partial charge in [-0.15, -0.1) is 0 Å². The van der Waals surface area contributed by atoms with E-state index in [2.05, 4.69) is 217 Å². The number of hydrogen-bond donors (Lipinski definition) is 2.